The third kappa shape index (κ3) is 3.99. The van der Waals surface area contributed by atoms with E-state index in [0.717, 1.165) is 6.07 Å². The van der Waals surface area contributed by atoms with Gasteiger partial charge in [0.25, 0.3) is 0 Å². The average molecular weight is 489 g/mol. The van der Waals surface area contributed by atoms with Crippen LogP contribution in [0.3, 0.4) is 0 Å². The van der Waals surface area contributed by atoms with E-state index >= 15 is 0 Å². The zero-order chi connectivity index (χ0) is 19.9. The molecule has 3 aromatic rings. The van der Waals surface area contributed by atoms with Gasteiger partial charge < -0.3 is 5.32 Å². The fourth-order valence-electron chi connectivity index (χ4n) is 3.06. The molecular weight excluding hydrogens is 473 g/mol. The second kappa shape index (κ2) is 7.21. The van der Waals surface area contributed by atoms with Gasteiger partial charge in [0.05, 0.1) is 17.1 Å². The van der Waals surface area contributed by atoms with Crippen molar-refractivity contribution in [1.82, 2.24) is 9.97 Å². The molecule has 0 aliphatic rings. The highest BCUT2D eigenvalue weighted by Crippen LogP contribution is 2.35. The Bertz CT molecular complexity index is 1020. The third-order valence-electron chi connectivity index (χ3n) is 4.35. The molecule has 0 fully saturated rings. The summed E-state index contributed by atoms with van der Waals surface area (Å²) in [4.78, 5) is 8.61. The number of hydrogen-bond donors (Lipinski definition) is 1. The quantitative estimate of drug-likeness (QED) is 0.353. The van der Waals surface area contributed by atoms with E-state index < -0.39 is 17.8 Å². The van der Waals surface area contributed by atoms with Crippen LogP contribution in [-0.4, -0.2) is 9.97 Å². The van der Waals surface area contributed by atoms with Crippen LogP contribution in [-0.2, 0) is 6.18 Å². The molecule has 0 bridgehead atoms. The summed E-state index contributed by atoms with van der Waals surface area (Å²) in [6, 6.07) is 6.64. The Morgan fingerprint density at radius 1 is 1.11 bits per heavy atom. The summed E-state index contributed by atoms with van der Waals surface area (Å²) in [5, 5.41) is 3.78. The van der Waals surface area contributed by atoms with Crippen molar-refractivity contribution in [1.29, 1.82) is 0 Å². The van der Waals surface area contributed by atoms with Gasteiger partial charge >= 0.3 is 6.18 Å². The van der Waals surface area contributed by atoms with Gasteiger partial charge in [-0.25, -0.2) is 14.4 Å². The highest BCUT2D eigenvalue weighted by Gasteiger charge is 2.33. The van der Waals surface area contributed by atoms with E-state index in [1.165, 1.54) is 19.1 Å². The summed E-state index contributed by atoms with van der Waals surface area (Å²) in [6.45, 7) is 4.90. The second-order valence-electron chi connectivity index (χ2n) is 6.29. The van der Waals surface area contributed by atoms with Crippen molar-refractivity contribution in [2.75, 3.05) is 5.32 Å². The lowest BCUT2D eigenvalue weighted by Crippen LogP contribution is -2.14. The molecule has 0 amide bonds. The maximum absolute atomic E-state index is 13.9. The van der Waals surface area contributed by atoms with E-state index in [9.17, 15) is 17.6 Å². The van der Waals surface area contributed by atoms with Crippen molar-refractivity contribution < 1.29 is 17.6 Å². The standard InChI is InChI=1S/C19H16F4IN3/c1-9-12(5-4-6-14(9)19(21,22)23)10(2)25-18-13-7-16(24)15(20)8-17(13)26-11(3)27-18/h4-8,10H,1-3H3,(H,25,26,27). The summed E-state index contributed by atoms with van der Waals surface area (Å²) in [6.07, 6.45) is -4.41. The lowest BCUT2D eigenvalue weighted by Gasteiger charge is -2.21. The first kappa shape index (κ1) is 19.8. The molecule has 142 valence electrons. The molecule has 2 aromatic carbocycles. The predicted octanol–water partition coefficient (Wildman–Crippen LogP) is 6.18. The molecule has 1 unspecified atom stereocenters. The van der Waals surface area contributed by atoms with Crippen molar-refractivity contribution in [3.63, 3.8) is 0 Å². The van der Waals surface area contributed by atoms with Crippen LogP contribution in [0.25, 0.3) is 10.9 Å². The largest absolute Gasteiger partial charge is 0.416 e. The van der Waals surface area contributed by atoms with Crippen LogP contribution in [0.4, 0.5) is 23.4 Å². The normalized spacial score (nSPS) is 13.0. The Morgan fingerprint density at radius 2 is 1.81 bits per heavy atom. The third-order valence-corrected chi connectivity index (χ3v) is 5.18. The summed E-state index contributed by atoms with van der Waals surface area (Å²) < 4.78 is 53.8. The number of nitrogens with one attached hydrogen (secondary N) is 1. The Balaban J connectivity index is 2.05. The lowest BCUT2D eigenvalue weighted by atomic mass is 9.97. The van der Waals surface area contributed by atoms with Crippen LogP contribution >= 0.6 is 22.6 Å². The maximum atomic E-state index is 13.9. The number of halogens is 5. The number of aryl methyl sites for hydroxylation is 1. The molecule has 1 heterocycles. The molecule has 0 saturated carbocycles. The van der Waals surface area contributed by atoms with Crippen LogP contribution in [0, 0.1) is 23.2 Å². The van der Waals surface area contributed by atoms with Gasteiger partial charge in [0.2, 0.25) is 0 Å². The van der Waals surface area contributed by atoms with Crippen molar-refractivity contribution in [3.05, 3.63) is 62.2 Å². The Hall–Kier alpha value is -1.97. The summed E-state index contributed by atoms with van der Waals surface area (Å²) in [5.74, 6) is 0.521. The van der Waals surface area contributed by atoms with E-state index in [1.807, 2.05) is 22.6 Å². The number of rotatable bonds is 3. The molecular formula is C19H16F4IN3. The first-order chi connectivity index (χ1) is 12.6. The maximum Gasteiger partial charge on any atom is 0.416 e. The number of benzene rings is 2. The van der Waals surface area contributed by atoms with Gasteiger partial charge in [-0.15, -0.1) is 0 Å². The van der Waals surface area contributed by atoms with E-state index in [1.54, 1.807) is 26.0 Å². The molecule has 0 saturated heterocycles. The van der Waals surface area contributed by atoms with Gasteiger partial charge in [-0.05, 0) is 66.6 Å². The number of anilines is 1. The van der Waals surface area contributed by atoms with Crippen LogP contribution < -0.4 is 5.32 Å². The molecule has 27 heavy (non-hydrogen) atoms. The number of aromatic nitrogens is 2. The predicted molar refractivity (Wildman–Crippen MR) is 105 cm³/mol. The van der Waals surface area contributed by atoms with Crippen LogP contribution in [0.1, 0.15) is 35.5 Å². The smallest absolute Gasteiger partial charge is 0.363 e. The fourth-order valence-corrected chi connectivity index (χ4v) is 3.53. The summed E-state index contributed by atoms with van der Waals surface area (Å²) in [5.41, 5.74) is 0.469. The van der Waals surface area contributed by atoms with Crippen LogP contribution in [0.15, 0.2) is 30.3 Å². The number of nitrogens with zero attached hydrogens (tertiary/aromatic N) is 2. The van der Waals surface area contributed by atoms with Gasteiger partial charge in [0.1, 0.15) is 17.5 Å². The van der Waals surface area contributed by atoms with Crippen molar-refractivity contribution in [3.8, 4) is 0 Å². The SMILES string of the molecule is Cc1nc(NC(C)c2cccc(C(F)(F)F)c2C)c2cc(I)c(F)cc2n1. The van der Waals surface area contributed by atoms with Gasteiger partial charge in [-0.3, -0.25) is 0 Å². The molecule has 0 aliphatic carbocycles. The topological polar surface area (TPSA) is 37.8 Å². The minimum atomic E-state index is -4.41. The van der Waals surface area contributed by atoms with Crippen LogP contribution in [0.5, 0.6) is 0 Å². The molecule has 0 radical (unpaired) electrons. The van der Waals surface area contributed by atoms with E-state index in [-0.39, 0.29) is 11.4 Å². The summed E-state index contributed by atoms with van der Waals surface area (Å²) >= 11 is 1.88. The number of fused-ring (bicyclic) bond motifs is 1. The molecule has 1 aromatic heterocycles. The van der Waals surface area contributed by atoms with Gasteiger partial charge in [-0.2, -0.15) is 13.2 Å². The monoisotopic (exact) mass is 489 g/mol. The number of alkyl halides is 3. The molecule has 1 N–H and O–H groups in total. The van der Waals surface area contributed by atoms with Crippen molar-refractivity contribution in [2.45, 2.75) is 33.0 Å². The van der Waals surface area contributed by atoms with Crippen LogP contribution in [0.2, 0.25) is 0 Å². The van der Waals surface area contributed by atoms with E-state index in [4.69, 9.17) is 0 Å². The molecule has 8 heteroatoms. The fraction of sp³-hybridized carbons (Fsp3) is 0.263. The Kier molecular flexibility index (Phi) is 5.29. The zero-order valence-corrected chi connectivity index (χ0v) is 16.9. The van der Waals surface area contributed by atoms with E-state index in [0.29, 0.717) is 31.7 Å². The van der Waals surface area contributed by atoms with Gasteiger partial charge in [0, 0.05) is 15.0 Å². The van der Waals surface area contributed by atoms with Gasteiger partial charge in [0.15, 0.2) is 0 Å². The van der Waals surface area contributed by atoms with Crippen molar-refractivity contribution >= 4 is 39.3 Å². The van der Waals surface area contributed by atoms with Gasteiger partial charge in [-0.1, -0.05) is 12.1 Å². The average Bonchev–Trinajstić information content (AvgIpc) is 2.55. The molecule has 1 atom stereocenters. The summed E-state index contributed by atoms with van der Waals surface area (Å²) in [7, 11) is 0. The highest BCUT2D eigenvalue weighted by atomic mass is 127. The molecule has 0 aliphatic heterocycles. The minimum Gasteiger partial charge on any atom is -0.363 e. The van der Waals surface area contributed by atoms with E-state index in [2.05, 4.69) is 15.3 Å². The first-order valence-corrected chi connectivity index (χ1v) is 9.22. The first-order valence-electron chi connectivity index (χ1n) is 8.14. The Labute approximate surface area is 167 Å². The highest BCUT2D eigenvalue weighted by molar-refractivity contribution is 14.1. The van der Waals surface area contributed by atoms with Crippen molar-refractivity contribution in [2.24, 2.45) is 0 Å². The lowest BCUT2D eigenvalue weighted by molar-refractivity contribution is -0.138. The minimum absolute atomic E-state index is 0.167. The second-order valence-corrected chi connectivity index (χ2v) is 7.45. The molecule has 0 spiro atoms. The Morgan fingerprint density at radius 3 is 2.48 bits per heavy atom. The number of hydrogen-bond acceptors (Lipinski definition) is 3. The molecule has 3 rings (SSSR count). The zero-order valence-electron chi connectivity index (χ0n) is 14.7. The molecule has 3 nitrogen and oxygen atoms in total.